The summed E-state index contributed by atoms with van der Waals surface area (Å²) in [7, 11) is 0. The maximum Gasteiger partial charge on any atom is 0.253 e. The van der Waals surface area contributed by atoms with Gasteiger partial charge in [0.05, 0.1) is 18.4 Å². The Balaban J connectivity index is 1.61. The van der Waals surface area contributed by atoms with Gasteiger partial charge in [-0.1, -0.05) is 0 Å². The van der Waals surface area contributed by atoms with Crippen LogP contribution in [0.15, 0.2) is 47.1 Å². The zero-order valence-corrected chi connectivity index (χ0v) is 14.7. The number of carbonyl (C=O) groups is 1. The molecule has 3 heterocycles. The lowest BCUT2D eigenvalue weighted by Crippen LogP contribution is -2.23. The molecule has 0 bridgehead atoms. The van der Waals surface area contributed by atoms with E-state index in [0.717, 1.165) is 34.3 Å². The van der Waals surface area contributed by atoms with Gasteiger partial charge in [-0.25, -0.2) is 0 Å². The van der Waals surface area contributed by atoms with Gasteiger partial charge in [-0.2, -0.15) is 0 Å². The number of rotatable bonds is 4. The van der Waals surface area contributed by atoms with E-state index in [1.165, 1.54) is 0 Å². The number of hydrogen-bond acceptors (Lipinski definition) is 4. The number of ether oxygens (including phenoxy) is 2. The predicted molar refractivity (Wildman–Crippen MR) is 96.1 cm³/mol. The Morgan fingerprint density at radius 3 is 2.69 bits per heavy atom. The second kappa shape index (κ2) is 6.63. The van der Waals surface area contributed by atoms with Crippen LogP contribution < -0.4 is 14.8 Å². The van der Waals surface area contributed by atoms with Gasteiger partial charge in [0.25, 0.3) is 5.91 Å². The molecule has 0 atom stereocenters. The normalized spacial score (nSPS) is 12.8. The highest BCUT2D eigenvalue weighted by atomic mass is 16.6. The summed E-state index contributed by atoms with van der Waals surface area (Å²) in [5, 5.41) is 2.89. The molecular weight excluding hydrogens is 332 g/mol. The summed E-state index contributed by atoms with van der Waals surface area (Å²) in [6, 6.07) is 11.3. The average Bonchev–Trinajstić information content (AvgIpc) is 3.27. The van der Waals surface area contributed by atoms with Gasteiger partial charge in [0, 0.05) is 23.1 Å². The fraction of sp³-hybridized carbons (Fsp3) is 0.250. The molecule has 1 aliphatic rings. The van der Waals surface area contributed by atoms with Crippen molar-refractivity contribution >= 4 is 5.91 Å². The molecule has 0 saturated carbocycles. The zero-order valence-electron chi connectivity index (χ0n) is 14.7. The Morgan fingerprint density at radius 1 is 1.12 bits per heavy atom. The number of fused-ring (bicyclic) bond motifs is 1. The molecule has 0 saturated heterocycles. The van der Waals surface area contributed by atoms with Crippen molar-refractivity contribution < 1.29 is 18.7 Å². The first kappa shape index (κ1) is 16.3. The SMILES string of the molecule is Cc1cc(C(=O)NCc2ccco2)c(C)n1-c1ccc2c(c1)OCCO2. The van der Waals surface area contributed by atoms with E-state index in [0.29, 0.717) is 25.3 Å². The zero-order chi connectivity index (χ0) is 18.1. The highest BCUT2D eigenvalue weighted by Crippen LogP contribution is 2.33. The maximum absolute atomic E-state index is 12.6. The van der Waals surface area contributed by atoms with Crippen LogP contribution in [0.3, 0.4) is 0 Å². The average molecular weight is 352 g/mol. The molecule has 3 aromatic rings. The van der Waals surface area contributed by atoms with Crippen LogP contribution in [0.2, 0.25) is 0 Å². The highest BCUT2D eigenvalue weighted by Gasteiger charge is 2.19. The molecule has 4 rings (SSSR count). The Morgan fingerprint density at radius 2 is 1.92 bits per heavy atom. The summed E-state index contributed by atoms with van der Waals surface area (Å²) < 4.78 is 18.5. The lowest BCUT2D eigenvalue weighted by atomic mass is 10.2. The predicted octanol–water partition coefficient (Wildman–Crippen LogP) is 3.39. The van der Waals surface area contributed by atoms with E-state index in [1.807, 2.05) is 48.7 Å². The molecule has 1 N–H and O–H groups in total. The van der Waals surface area contributed by atoms with Crippen molar-refractivity contribution in [1.82, 2.24) is 9.88 Å². The van der Waals surface area contributed by atoms with Gasteiger partial charge in [0.2, 0.25) is 0 Å². The third-order valence-electron chi connectivity index (χ3n) is 4.46. The van der Waals surface area contributed by atoms with Crippen LogP contribution in [0.25, 0.3) is 5.69 Å². The number of amides is 1. The molecule has 26 heavy (non-hydrogen) atoms. The third-order valence-corrected chi connectivity index (χ3v) is 4.46. The van der Waals surface area contributed by atoms with Crippen LogP contribution >= 0.6 is 0 Å². The van der Waals surface area contributed by atoms with E-state index >= 15 is 0 Å². The van der Waals surface area contributed by atoms with Crippen molar-refractivity contribution in [1.29, 1.82) is 0 Å². The number of furan rings is 1. The van der Waals surface area contributed by atoms with Gasteiger partial charge < -0.3 is 23.8 Å². The molecule has 0 unspecified atom stereocenters. The van der Waals surface area contributed by atoms with E-state index in [9.17, 15) is 4.79 Å². The lowest BCUT2D eigenvalue weighted by Gasteiger charge is -2.20. The number of aromatic nitrogens is 1. The third kappa shape index (κ3) is 2.94. The van der Waals surface area contributed by atoms with Crippen LogP contribution in [-0.4, -0.2) is 23.7 Å². The summed E-state index contributed by atoms with van der Waals surface area (Å²) in [4.78, 5) is 12.6. The van der Waals surface area contributed by atoms with Crippen LogP contribution in [0.5, 0.6) is 11.5 Å². The molecule has 0 spiro atoms. The molecule has 6 heteroatoms. The minimum atomic E-state index is -0.127. The topological polar surface area (TPSA) is 65.6 Å². The number of nitrogens with one attached hydrogen (secondary N) is 1. The highest BCUT2D eigenvalue weighted by molar-refractivity contribution is 5.95. The van der Waals surface area contributed by atoms with E-state index < -0.39 is 0 Å². The Labute approximate surface area is 151 Å². The van der Waals surface area contributed by atoms with E-state index in [4.69, 9.17) is 13.9 Å². The molecule has 6 nitrogen and oxygen atoms in total. The van der Waals surface area contributed by atoms with E-state index in [2.05, 4.69) is 5.32 Å². The molecular formula is C20H20N2O4. The van der Waals surface area contributed by atoms with Crippen LogP contribution in [-0.2, 0) is 6.54 Å². The van der Waals surface area contributed by atoms with Crippen LogP contribution in [0.1, 0.15) is 27.5 Å². The first-order chi connectivity index (χ1) is 12.6. The fourth-order valence-electron chi connectivity index (χ4n) is 3.24. The van der Waals surface area contributed by atoms with E-state index in [-0.39, 0.29) is 5.91 Å². The van der Waals surface area contributed by atoms with Crippen molar-refractivity contribution in [3.05, 3.63) is 65.4 Å². The minimum Gasteiger partial charge on any atom is -0.486 e. The number of hydrogen-bond donors (Lipinski definition) is 1. The van der Waals surface area contributed by atoms with Gasteiger partial charge in [-0.15, -0.1) is 0 Å². The maximum atomic E-state index is 12.6. The first-order valence-electron chi connectivity index (χ1n) is 8.53. The summed E-state index contributed by atoms with van der Waals surface area (Å²) in [5.41, 5.74) is 3.43. The van der Waals surface area contributed by atoms with Crippen molar-refractivity contribution in [2.45, 2.75) is 20.4 Å². The van der Waals surface area contributed by atoms with Gasteiger partial charge in [-0.05, 0) is 44.2 Å². The molecule has 134 valence electrons. The molecule has 1 aliphatic heterocycles. The van der Waals surface area contributed by atoms with Crippen molar-refractivity contribution in [3.63, 3.8) is 0 Å². The molecule has 0 radical (unpaired) electrons. The number of nitrogens with zero attached hydrogens (tertiary/aromatic N) is 1. The first-order valence-corrected chi connectivity index (χ1v) is 8.53. The Kier molecular flexibility index (Phi) is 4.16. The summed E-state index contributed by atoms with van der Waals surface area (Å²) in [6.45, 7) is 5.38. The van der Waals surface area contributed by atoms with E-state index in [1.54, 1.807) is 12.3 Å². The molecule has 2 aromatic heterocycles. The van der Waals surface area contributed by atoms with Gasteiger partial charge in [0.15, 0.2) is 11.5 Å². The molecule has 0 fully saturated rings. The number of aryl methyl sites for hydroxylation is 1. The summed E-state index contributed by atoms with van der Waals surface area (Å²) >= 11 is 0. The molecule has 1 amide bonds. The fourth-order valence-corrected chi connectivity index (χ4v) is 3.24. The second-order valence-corrected chi connectivity index (χ2v) is 6.21. The van der Waals surface area contributed by atoms with Gasteiger partial charge in [0.1, 0.15) is 19.0 Å². The standard InChI is InChI=1S/C20H20N2O4/c1-13-10-17(20(23)21-12-16-4-3-7-24-16)14(2)22(13)15-5-6-18-19(11-15)26-9-8-25-18/h3-7,10-11H,8-9,12H2,1-2H3,(H,21,23). The Hall–Kier alpha value is -3.15. The minimum absolute atomic E-state index is 0.127. The summed E-state index contributed by atoms with van der Waals surface area (Å²) in [6.07, 6.45) is 1.59. The second-order valence-electron chi connectivity index (χ2n) is 6.21. The quantitative estimate of drug-likeness (QED) is 0.782. The van der Waals surface area contributed by atoms with Crippen LogP contribution in [0, 0.1) is 13.8 Å². The van der Waals surface area contributed by atoms with Crippen molar-refractivity contribution in [3.8, 4) is 17.2 Å². The number of benzene rings is 1. The van der Waals surface area contributed by atoms with Gasteiger partial charge >= 0.3 is 0 Å². The lowest BCUT2D eigenvalue weighted by molar-refractivity contribution is 0.0947. The molecule has 0 aliphatic carbocycles. The van der Waals surface area contributed by atoms with Crippen LogP contribution in [0.4, 0.5) is 0 Å². The largest absolute Gasteiger partial charge is 0.486 e. The molecule has 1 aromatic carbocycles. The smallest absolute Gasteiger partial charge is 0.253 e. The van der Waals surface area contributed by atoms with Crippen molar-refractivity contribution in [2.24, 2.45) is 0 Å². The Bertz CT molecular complexity index is 941. The number of carbonyl (C=O) groups excluding carboxylic acids is 1. The van der Waals surface area contributed by atoms with Gasteiger partial charge in [-0.3, -0.25) is 4.79 Å². The van der Waals surface area contributed by atoms with Crippen molar-refractivity contribution in [2.75, 3.05) is 13.2 Å². The summed E-state index contributed by atoms with van der Waals surface area (Å²) in [5.74, 6) is 2.07. The monoisotopic (exact) mass is 352 g/mol.